The molecule has 0 spiro atoms. The average Bonchev–Trinajstić information content (AvgIpc) is 2.52. The first-order chi connectivity index (χ1) is 10.2. The molecule has 1 aliphatic heterocycles. The first-order valence-corrected chi connectivity index (χ1v) is 7.05. The van der Waals surface area contributed by atoms with Gasteiger partial charge in [-0.15, -0.1) is 0 Å². The van der Waals surface area contributed by atoms with Gasteiger partial charge in [0, 0.05) is 19.6 Å². The summed E-state index contributed by atoms with van der Waals surface area (Å²) in [6.45, 7) is 1.77. The molecule has 3 rings (SSSR count). The van der Waals surface area contributed by atoms with Gasteiger partial charge in [-0.05, 0) is 28.8 Å². The largest absolute Gasteiger partial charge is 0.351 e. The van der Waals surface area contributed by atoms with E-state index in [1.54, 1.807) is 12.1 Å². The zero-order chi connectivity index (χ0) is 14.7. The van der Waals surface area contributed by atoms with E-state index >= 15 is 0 Å². The Labute approximate surface area is 123 Å². The third kappa shape index (κ3) is 3.11. The van der Waals surface area contributed by atoms with Crippen molar-refractivity contribution in [2.75, 3.05) is 6.54 Å². The van der Waals surface area contributed by atoms with Crippen molar-refractivity contribution in [2.45, 2.75) is 19.0 Å². The van der Waals surface area contributed by atoms with Gasteiger partial charge in [0.15, 0.2) is 0 Å². The summed E-state index contributed by atoms with van der Waals surface area (Å²) in [5.74, 6) is -0.506. The van der Waals surface area contributed by atoms with Crippen LogP contribution in [0.1, 0.15) is 22.6 Å². The topological polar surface area (TPSA) is 41.1 Å². The van der Waals surface area contributed by atoms with Gasteiger partial charge in [-0.2, -0.15) is 0 Å². The van der Waals surface area contributed by atoms with E-state index in [1.807, 2.05) is 24.3 Å². The molecule has 0 bridgehead atoms. The molecule has 0 saturated carbocycles. The fourth-order valence-electron chi connectivity index (χ4n) is 2.69. The smallest absolute Gasteiger partial charge is 0.229 e. The number of halogens is 1. The first kappa shape index (κ1) is 13.8. The molecular weight excluding hydrogens is 267 g/mol. The first-order valence-electron chi connectivity index (χ1n) is 7.05. The summed E-state index contributed by atoms with van der Waals surface area (Å²) >= 11 is 0. The van der Waals surface area contributed by atoms with Crippen molar-refractivity contribution in [3.63, 3.8) is 0 Å². The van der Waals surface area contributed by atoms with Crippen LogP contribution in [0.3, 0.4) is 0 Å². The standard InChI is InChI=1S/C17H17FN2O/c18-14-6-3-4-12(8-14)9-20-17(21)16-11-19-10-13-5-1-2-7-15(13)16/h1-8,16,19H,9-11H2,(H,20,21). The molecule has 1 heterocycles. The van der Waals surface area contributed by atoms with E-state index in [0.29, 0.717) is 13.1 Å². The number of carbonyl (C=O) groups excluding carboxylic acids is 1. The lowest BCUT2D eigenvalue weighted by Crippen LogP contribution is -2.38. The van der Waals surface area contributed by atoms with Crippen LogP contribution < -0.4 is 10.6 Å². The maximum absolute atomic E-state index is 13.1. The highest BCUT2D eigenvalue weighted by Crippen LogP contribution is 2.23. The van der Waals surface area contributed by atoms with Crippen molar-refractivity contribution in [3.8, 4) is 0 Å². The summed E-state index contributed by atoms with van der Waals surface area (Å²) in [5, 5.41) is 6.15. The number of carbonyl (C=O) groups is 1. The van der Waals surface area contributed by atoms with Crippen molar-refractivity contribution in [2.24, 2.45) is 0 Å². The predicted octanol–water partition coefficient (Wildman–Crippen LogP) is 2.33. The molecule has 4 heteroatoms. The second-order valence-corrected chi connectivity index (χ2v) is 5.23. The predicted molar refractivity (Wildman–Crippen MR) is 79.1 cm³/mol. The second kappa shape index (κ2) is 6.06. The quantitative estimate of drug-likeness (QED) is 0.908. The van der Waals surface area contributed by atoms with Crippen LogP contribution >= 0.6 is 0 Å². The van der Waals surface area contributed by atoms with Crippen molar-refractivity contribution >= 4 is 5.91 Å². The number of benzene rings is 2. The maximum Gasteiger partial charge on any atom is 0.229 e. The maximum atomic E-state index is 13.1. The molecule has 3 nitrogen and oxygen atoms in total. The van der Waals surface area contributed by atoms with E-state index in [9.17, 15) is 9.18 Å². The molecule has 2 aromatic carbocycles. The molecule has 1 aliphatic rings. The zero-order valence-corrected chi connectivity index (χ0v) is 11.6. The van der Waals surface area contributed by atoms with Crippen LogP contribution in [0.2, 0.25) is 0 Å². The highest BCUT2D eigenvalue weighted by atomic mass is 19.1. The molecule has 0 saturated heterocycles. The van der Waals surface area contributed by atoms with Gasteiger partial charge in [0.1, 0.15) is 5.82 Å². The highest BCUT2D eigenvalue weighted by Gasteiger charge is 2.25. The van der Waals surface area contributed by atoms with Crippen LogP contribution in [0.25, 0.3) is 0 Å². The number of nitrogens with one attached hydrogen (secondary N) is 2. The Hall–Kier alpha value is -2.20. The Balaban J connectivity index is 1.69. The third-order valence-electron chi connectivity index (χ3n) is 3.77. The summed E-state index contributed by atoms with van der Waals surface area (Å²) in [5.41, 5.74) is 3.00. The van der Waals surface area contributed by atoms with Crippen LogP contribution in [0.4, 0.5) is 4.39 Å². The van der Waals surface area contributed by atoms with Crippen molar-refractivity contribution in [3.05, 3.63) is 71.0 Å². The molecular formula is C17H17FN2O. The lowest BCUT2D eigenvalue weighted by atomic mass is 9.90. The van der Waals surface area contributed by atoms with E-state index in [4.69, 9.17) is 0 Å². The SMILES string of the molecule is O=C(NCc1cccc(F)c1)C1CNCc2ccccc21. The van der Waals surface area contributed by atoms with Gasteiger partial charge in [-0.25, -0.2) is 4.39 Å². The minimum absolute atomic E-state index is 0.0288. The molecule has 0 aromatic heterocycles. The second-order valence-electron chi connectivity index (χ2n) is 5.23. The van der Waals surface area contributed by atoms with E-state index in [1.165, 1.54) is 12.1 Å². The van der Waals surface area contributed by atoms with Gasteiger partial charge in [0.25, 0.3) is 0 Å². The molecule has 0 fully saturated rings. The van der Waals surface area contributed by atoms with Gasteiger partial charge >= 0.3 is 0 Å². The number of hydrogen-bond acceptors (Lipinski definition) is 2. The number of fused-ring (bicyclic) bond motifs is 1. The van der Waals surface area contributed by atoms with Crippen LogP contribution in [0.15, 0.2) is 48.5 Å². The summed E-state index contributed by atoms with van der Waals surface area (Å²) in [4.78, 5) is 12.4. The van der Waals surface area contributed by atoms with Gasteiger partial charge in [-0.1, -0.05) is 36.4 Å². The Morgan fingerprint density at radius 2 is 2.10 bits per heavy atom. The average molecular weight is 284 g/mol. The van der Waals surface area contributed by atoms with Gasteiger partial charge in [-0.3, -0.25) is 4.79 Å². The van der Waals surface area contributed by atoms with Gasteiger partial charge in [0.05, 0.1) is 5.92 Å². The molecule has 2 aromatic rings. The lowest BCUT2D eigenvalue weighted by molar-refractivity contribution is -0.122. The lowest BCUT2D eigenvalue weighted by Gasteiger charge is -2.25. The molecule has 1 unspecified atom stereocenters. The Kier molecular flexibility index (Phi) is 3.97. The molecule has 2 N–H and O–H groups in total. The summed E-state index contributed by atoms with van der Waals surface area (Å²) in [6.07, 6.45) is 0. The van der Waals surface area contributed by atoms with Crippen LogP contribution in [-0.4, -0.2) is 12.5 Å². The number of rotatable bonds is 3. The molecule has 1 atom stereocenters. The van der Waals surface area contributed by atoms with Gasteiger partial charge in [0.2, 0.25) is 5.91 Å². The van der Waals surface area contributed by atoms with E-state index < -0.39 is 0 Å². The fraction of sp³-hybridized carbons (Fsp3) is 0.235. The van der Waals surface area contributed by atoms with Crippen molar-refractivity contribution in [1.29, 1.82) is 0 Å². The number of amides is 1. The monoisotopic (exact) mass is 284 g/mol. The minimum Gasteiger partial charge on any atom is -0.351 e. The third-order valence-corrected chi connectivity index (χ3v) is 3.77. The molecule has 108 valence electrons. The van der Waals surface area contributed by atoms with Crippen molar-refractivity contribution < 1.29 is 9.18 Å². The van der Waals surface area contributed by atoms with E-state index in [2.05, 4.69) is 10.6 Å². The zero-order valence-electron chi connectivity index (χ0n) is 11.6. The molecule has 0 radical (unpaired) electrons. The Morgan fingerprint density at radius 1 is 1.24 bits per heavy atom. The van der Waals surface area contributed by atoms with Crippen LogP contribution in [0.5, 0.6) is 0 Å². The number of hydrogen-bond donors (Lipinski definition) is 2. The molecule has 21 heavy (non-hydrogen) atoms. The van der Waals surface area contributed by atoms with Crippen molar-refractivity contribution in [1.82, 2.24) is 10.6 Å². The normalized spacial score (nSPS) is 17.1. The van der Waals surface area contributed by atoms with E-state index in [0.717, 1.165) is 23.2 Å². The summed E-state index contributed by atoms with van der Waals surface area (Å²) < 4.78 is 13.1. The summed E-state index contributed by atoms with van der Waals surface area (Å²) in [6, 6.07) is 14.3. The molecule has 1 amide bonds. The van der Waals surface area contributed by atoms with E-state index in [-0.39, 0.29) is 17.6 Å². The van der Waals surface area contributed by atoms with Gasteiger partial charge < -0.3 is 10.6 Å². The molecule has 0 aliphatic carbocycles. The van der Waals surface area contributed by atoms with Crippen LogP contribution in [-0.2, 0) is 17.9 Å². The Morgan fingerprint density at radius 3 is 2.95 bits per heavy atom. The Bertz CT molecular complexity index is 657. The summed E-state index contributed by atoms with van der Waals surface area (Å²) in [7, 11) is 0. The highest BCUT2D eigenvalue weighted by molar-refractivity contribution is 5.84. The van der Waals surface area contributed by atoms with Crippen LogP contribution in [0, 0.1) is 5.82 Å². The minimum atomic E-state index is -0.286. The fourth-order valence-corrected chi connectivity index (χ4v) is 2.69.